The molecular formula is C16H24N2O3. The first-order valence-corrected chi connectivity index (χ1v) is 6.82. The molecule has 116 valence electrons. The SMILES string of the molecule is COCC(O)CN(C)Cc1cc(OC)ccc1C#CCN. The molecule has 1 rings (SSSR count). The summed E-state index contributed by atoms with van der Waals surface area (Å²) in [6.45, 7) is 1.83. The van der Waals surface area contributed by atoms with Gasteiger partial charge in [0.15, 0.2) is 0 Å². The van der Waals surface area contributed by atoms with E-state index in [9.17, 15) is 5.11 Å². The van der Waals surface area contributed by atoms with Gasteiger partial charge in [0.05, 0.1) is 26.4 Å². The predicted molar refractivity (Wildman–Crippen MR) is 83.1 cm³/mol. The van der Waals surface area contributed by atoms with E-state index in [2.05, 4.69) is 11.8 Å². The van der Waals surface area contributed by atoms with Gasteiger partial charge >= 0.3 is 0 Å². The van der Waals surface area contributed by atoms with Crippen LogP contribution in [0.5, 0.6) is 5.75 Å². The number of hydrogen-bond acceptors (Lipinski definition) is 5. The molecule has 0 saturated heterocycles. The van der Waals surface area contributed by atoms with Gasteiger partial charge in [-0.05, 0) is 30.8 Å². The lowest BCUT2D eigenvalue weighted by Gasteiger charge is -2.21. The Hall–Kier alpha value is -1.58. The fourth-order valence-electron chi connectivity index (χ4n) is 2.06. The predicted octanol–water partition coefficient (Wildman–Crippen LogP) is 0.445. The van der Waals surface area contributed by atoms with Gasteiger partial charge in [-0.15, -0.1) is 0 Å². The lowest BCUT2D eigenvalue weighted by atomic mass is 10.1. The van der Waals surface area contributed by atoms with Crippen molar-refractivity contribution in [1.29, 1.82) is 0 Å². The van der Waals surface area contributed by atoms with Crippen LogP contribution in [0, 0.1) is 11.8 Å². The molecule has 1 aromatic carbocycles. The van der Waals surface area contributed by atoms with E-state index < -0.39 is 6.10 Å². The van der Waals surface area contributed by atoms with Crippen molar-refractivity contribution in [2.45, 2.75) is 12.6 Å². The van der Waals surface area contributed by atoms with Crippen LogP contribution in [0.1, 0.15) is 11.1 Å². The lowest BCUT2D eigenvalue weighted by Crippen LogP contribution is -2.31. The Morgan fingerprint density at radius 1 is 1.38 bits per heavy atom. The van der Waals surface area contributed by atoms with Gasteiger partial charge in [-0.25, -0.2) is 0 Å². The van der Waals surface area contributed by atoms with Crippen molar-refractivity contribution in [3.63, 3.8) is 0 Å². The van der Waals surface area contributed by atoms with Gasteiger partial charge in [-0.2, -0.15) is 0 Å². The minimum Gasteiger partial charge on any atom is -0.497 e. The zero-order chi connectivity index (χ0) is 15.7. The quantitative estimate of drug-likeness (QED) is 0.714. The molecule has 0 bridgehead atoms. The molecule has 0 aliphatic carbocycles. The van der Waals surface area contributed by atoms with Crippen molar-refractivity contribution in [2.75, 3.05) is 41.0 Å². The largest absolute Gasteiger partial charge is 0.497 e. The Morgan fingerprint density at radius 2 is 2.14 bits per heavy atom. The number of benzene rings is 1. The van der Waals surface area contributed by atoms with Gasteiger partial charge in [0.25, 0.3) is 0 Å². The third-order valence-electron chi connectivity index (χ3n) is 2.96. The normalized spacial score (nSPS) is 11.9. The summed E-state index contributed by atoms with van der Waals surface area (Å²) in [6, 6.07) is 5.76. The Morgan fingerprint density at radius 3 is 2.76 bits per heavy atom. The molecule has 1 atom stereocenters. The average Bonchev–Trinajstić information content (AvgIpc) is 2.45. The van der Waals surface area contributed by atoms with Crippen molar-refractivity contribution in [3.05, 3.63) is 29.3 Å². The van der Waals surface area contributed by atoms with Crippen LogP contribution in [-0.2, 0) is 11.3 Å². The lowest BCUT2D eigenvalue weighted by molar-refractivity contribution is 0.0418. The van der Waals surface area contributed by atoms with Crippen molar-refractivity contribution in [2.24, 2.45) is 5.73 Å². The minimum atomic E-state index is -0.510. The number of methoxy groups -OCH3 is 2. The van der Waals surface area contributed by atoms with E-state index in [4.69, 9.17) is 15.2 Å². The standard InChI is InChI=1S/C16H24N2O3/c1-18(11-15(19)12-20-2)10-14-9-16(21-3)7-6-13(14)5-4-8-17/h6-7,9,15,19H,8,10-12,17H2,1-3H3. The second-order valence-corrected chi connectivity index (χ2v) is 4.83. The third-order valence-corrected chi connectivity index (χ3v) is 2.96. The number of hydrogen-bond donors (Lipinski definition) is 2. The monoisotopic (exact) mass is 292 g/mol. The summed E-state index contributed by atoms with van der Waals surface area (Å²) in [5.74, 6) is 6.72. The molecule has 0 fully saturated rings. The molecule has 0 spiro atoms. The molecule has 0 radical (unpaired) electrons. The van der Waals surface area contributed by atoms with E-state index in [1.165, 1.54) is 0 Å². The number of aliphatic hydroxyl groups excluding tert-OH is 1. The number of aliphatic hydroxyl groups is 1. The maximum atomic E-state index is 9.77. The summed E-state index contributed by atoms with van der Waals surface area (Å²) in [4.78, 5) is 2.02. The van der Waals surface area contributed by atoms with Gasteiger partial charge in [0.1, 0.15) is 5.75 Å². The first kappa shape index (κ1) is 17.5. The van der Waals surface area contributed by atoms with E-state index in [1.54, 1.807) is 14.2 Å². The van der Waals surface area contributed by atoms with E-state index in [1.807, 2.05) is 30.1 Å². The fraction of sp³-hybridized carbons (Fsp3) is 0.500. The van der Waals surface area contributed by atoms with Crippen molar-refractivity contribution >= 4 is 0 Å². The van der Waals surface area contributed by atoms with Gasteiger partial charge in [-0.1, -0.05) is 11.8 Å². The molecule has 0 aliphatic rings. The summed E-state index contributed by atoms with van der Waals surface area (Å²) in [5, 5.41) is 9.77. The topological polar surface area (TPSA) is 68.0 Å². The number of nitrogens with two attached hydrogens (primary N) is 1. The van der Waals surface area contributed by atoms with Crippen LogP contribution in [0.15, 0.2) is 18.2 Å². The van der Waals surface area contributed by atoms with Gasteiger partial charge < -0.3 is 20.3 Å². The van der Waals surface area contributed by atoms with Crippen LogP contribution in [0.25, 0.3) is 0 Å². The maximum absolute atomic E-state index is 9.77. The molecule has 3 N–H and O–H groups in total. The number of rotatable bonds is 7. The summed E-state index contributed by atoms with van der Waals surface area (Å²) in [7, 11) is 5.15. The Labute approximate surface area is 126 Å². The first-order valence-electron chi connectivity index (χ1n) is 6.82. The van der Waals surface area contributed by atoms with Gasteiger partial charge in [-0.3, -0.25) is 4.90 Å². The Kier molecular flexibility index (Phi) is 7.80. The zero-order valence-electron chi connectivity index (χ0n) is 12.9. The molecule has 1 unspecified atom stereocenters. The molecular weight excluding hydrogens is 268 g/mol. The van der Waals surface area contributed by atoms with E-state index >= 15 is 0 Å². The fourth-order valence-corrected chi connectivity index (χ4v) is 2.06. The molecule has 0 aromatic heterocycles. The summed E-state index contributed by atoms with van der Waals surface area (Å²) >= 11 is 0. The maximum Gasteiger partial charge on any atom is 0.119 e. The van der Waals surface area contributed by atoms with E-state index in [0.29, 0.717) is 26.2 Å². The second kappa shape index (κ2) is 9.37. The van der Waals surface area contributed by atoms with Crippen LogP contribution in [0.3, 0.4) is 0 Å². The highest BCUT2D eigenvalue weighted by Gasteiger charge is 2.11. The Balaban J connectivity index is 2.83. The number of nitrogens with zero attached hydrogens (tertiary/aromatic N) is 1. The third kappa shape index (κ3) is 6.15. The molecule has 0 aliphatic heterocycles. The van der Waals surface area contributed by atoms with Crippen molar-refractivity contribution in [3.8, 4) is 17.6 Å². The number of ether oxygens (including phenoxy) is 2. The molecule has 1 aromatic rings. The van der Waals surface area contributed by atoms with Crippen LogP contribution < -0.4 is 10.5 Å². The van der Waals surface area contributed by atoms with Crippen LogP contribution in [0.2, 0.25) is 0 Å². The van der Waals surface area contributed by atoms with E-state index in [0.717, 1.165) is 16.9 Å². The van der Waals surface area contributed by atoms with Crippen molar-refractivity contribution < 1.29 is 14.6 Å². The molecule has 0 amide bonds. The van der Waals surface area contributed by atoms with Crippen LogP contribution in [0.4, 0.5) is 0 Å². The minimum absolute atomic E-state index is 0.322. The zero-order valence-corrected chi connectivity index (χ0v) is 12.9. The van der Waals surface area contributed by atoms with Gasteiger partial charge in [0, 0.05) is 25.8 Å². The first-order chi connectivity index (χ1) is 10.1. The van der Waals surface area contributed by atoms with Crippen LogP contribution in [-0.4, -0.2) is 57.1 Å². The molecule has 5 heteroatoms. The highest BCUT2D eigenvalue weighted by Crippen LogP contribution is 2.18. The van der Waals surface area contributed by atoms with Crippen molar-refractivity contribution in [1.82, 2.24) is 4.90 Å². The molecule has 0 saturated carbocycles. The van der Waals surface area contributed by atoms with E-state index in [-0.39, 0.29) is 0 Å². The molecule has 21 heavy (non-hydrogen) atoms. The smallest absolute Gasteiger partial charge is 0.119 e. The molecule has 0 heterocycles. The Bertz CT molecular complexity index is 494. The summed E-state index contributed by atoms with van der Waals surface area (Å²) < 4.78 is 10.2. The summed E-state index contributed by atoms with van der Waals surface area (Å²) in [5.41, 5.74) is 7.40. The molecule has 5 nitrogen and oxygen atoms in total. The highest BCUT2D eigenvalue weighted by atomic mass is 16.5. The summed E-state index contributed by atoms with van der Waals surface area (Å²) in [6.07, 6.45) is -0.510. The highest BCUT2D eigenvalue weighted by molar-refractivity contribution is 5.45. The number of likely N-dealkylation sites (N-methyl/N-ethyl adjacent to an activating group) is 1. The van der Waals surface area contributed by atoms with Gasteiger partial charge in [0.2, 0.25) is 0 Å². The second-order valence-electron chi connectivity index (χ2n) is 4.83. The van der Waals surface area contributed by atoms with Crippen LogP contribution >= 0.6 is 0 Å². The average molecular weight is 292 g/mol.